The molecule has 3 aromatic rings. The van der Waals surface area contributed by atoms with Crippen LogP contribution in [0, 0.1) is 13.8 Å². The molecule has 0 radical (unpaired) electrons. The van der Waals surface area contributed by atoms with E-state index in [9.17, 15) is 4.79 Å². The second-order valence-corrected chi connectivity index (χ2v) is 8.07. The van der Waals surface area contributed by atoms with Crippen LogP contribution in [0.5, 0.6) is 0 Å². The van der Waals surface area contributed by atoms with Gasteiger partial charge in [-0.25, -0.2) is 0 Å². The molecule has 29 heavy (non-hydrogen) atoms. The number of carbonyl (C=O) groups is 1. The second-order valence-electron chi connectivity index (χ2n) is 8.07. The van der Waals surface area contributed by atoms with Gasteiger partial charge < -0.3 is 10.6 Å². The highest BCUT2D eigenvalue weighted by Gasteiger charge is 2.26. The summed E-state index contributed by atoms with van der Waals surface area (Å²) in [5, 5.41) is 4.80. The molecule has 5 nitrogen and oxygen atoms in total. The predicted molar refractivity (Wildman–Crippen MR) is 116 cm³/mol. The van der Waals surface area contributed by atoms with Crippen LogP contribution in [0.25, 0.3) is 11.3 Å². The highest BCUT2D eigenvalue weighted by molar-refractivity contribution is 5.99. The molecule has 1 aromatic heterocycles. The largest absolute Gasteiger partial charge is 0.338 e. The van der Waals surface area contributed by atoms with Gasteiger partial charge in [0.25, 0.3) is 5.91 Å². The van der Waals surface area contributed by atoms with E-state index in [0.717, 1.165) is 29.7 Å². The smallest absolute Gasteiger partial charge is 0.257 e. The highest BCUT2D eigenvalue weighted by Crippen LogP contribution is 2.25. The lowest BCUT2D eigenvalue weighted by molar-refractivity contribution is 0.0715. The Labute approximate surface area is 172 Å². The Bertz CT molecular complexity index is 981. The fraction of sp³-hybridized carbons (Fsp3) is 0.333. The van der Waals surface area contributed by atoms with Crippen molar-refractivity contribution in [3.63, 3.8) is 0 Å². The lowest BCUT2D eigenvalue weighted by atomic mass is 10.0. The Morgan fingerprint density at radius 2 is 1.59 bits per heavy atom. The Morgan fingerprint density at radius 3 is 2.21 bits per heavy atom. The monoisotopic (exact) mass is 388 g/mol. The molecule has 0 unspecified atom stereocenters. The topological polar surface area (TPSA) is 64.2 Å². The fourth-order valence-electron chi connectivity index (χ4n) is 3.74. The van der Waals surface area contributed by atoms with Gasteiger partial charge in [0, 0.05) is 30.9 Å². The summed E-state index contributed by atoms with van der Waals surface area (Å²) in [4.78, 5) is 15.2. The summed E-state index contributed by atoms with van der Waals surface area (Å²) in [5.41, 5.74) is 12.0. The normalized spacial score (nSPS) is 14.9. The summed E-state index contributed by atoms with van der Waals surface area (Å²) in [5.74, 6) is 0.0441. The third kappa shape index (κ3) is 4.40. The Kier molecular flexibility index (Phi) is 5.49. The van der Waals surface area contributed by atoms with Crippen molar-refractivity contribution in [2.45, 2.75) is 39.3 Å². The van der Waals surface area contributed by atoms with Crippen LogP contribution >= 0.6 is 0 Å². The van der Waals surface area contributed by atoms with Crippen LogP contribution in [0.2, 0.25) is 0 Å². The summed E-state index contributed by atoms with van der Waals surface area (Å²) in [6, 6.07) is 16.8. The van der Waals surface area contributed by atoms with Crippen molar-refractivity contribution >= 4 is 5.91 Å². The van der Waals surface area contributed by atoms with Gasteiger partial charge in [-0.15, -0.1) is 0 Å². The zero-order valence-corrected chi connectivity index (χ0v) is 17.1. The van der Waals surface area contributed by atoms with E-state index in [1.165, 1.54) is 11.1 Å². The molecule has 0 aliphatic carbocycles. The zero-order valence-electron chi connectivity index (χ0n) is 17.1. The number of aryl methyl sites for hydroxylation is 2. The number of hydrogen-bond acceptors (Lipinski definition) is 3. The number of nitrogens with zero attached hydrogens (tertiary/aromatic N) is 3. The molecule has 1 amide bonds. The molecule has 2 heterocycles. The molecule has 1 aliphatic rings. The minimum absolute atomic E-state index is 0.0441. The molecule has 2 N–H and O–H groups in total. The van der Waals surface area contributed by atoms with E-state index in [-0.39, 0.29) is 11.9 Å². The summed E-state index contributed by atoms with van der Waals surface area (Å²) in [7, 11) is 0. The molecule has 0 atom stereocenters. The number of carbonyl (C=O) groups excluding carboxylic acids is 1. The molecule has 1 saturated heterocycles. The number of piperidine rings is 1. The van der Waals surface area contributed by atoms with E-state index >= 15 is 0 Å². The quantitative estimate of drug-likeness (QED) is 0.740. The summed E-state index contributed by atoms with van der Waals surface area (Å²) in [6.45, 7) is 6.18. The van der Waals surface area contributed by atoms with Crippen molar-refractivity contribution in [1.82, 2.24) is 14.7 Å². The predicted octanol–water partition coefficient (Wildman–Crippen LogP) is 3.78. The van der Waals surface area contributed by atoms with Gasteiger partial charge in [-0.1, -0.05) is 59.7 Å². The van der Waals surface area contributed by atoms with Crippen molar-refractivity contribution < 1.29 is 4.79 Å². The number of aromatic nitrogens is 2. The molecular weight excluding hydrogens is 360 g/mol. The fourth-order valence-corrected chi connectivity index (χ4v) is 3.74. The lowest BCUT2D eigenvalue weighted by Crippen LogP contribution is -2.42. The van der Waals surface area contributed by atoms with Gasteiger partial charge in [0.15, 0.2) is 0 Å². The molecule has 0 spiro atoms. The van der Waals surface area contributed by atoms with Gasteiger partial charge in [-0.2, -0.15) is 5.10 Å². The molecule has 1 fully saturated rings. The van der Waals surface area contributed by atoms with Gasteiger partial charge in [-0.05, 0) is 32.3 Å². The third-order valence-corrected chi connectivity index (χ3v) is 5.61. The Hall–Kier alpha value is -2.92. The maximum absolute atomic E-state index is 13.3. The molecule has 150 valence electrons. The molecule has 1 aliphatic heterocycles. The first kappa shape index (κ1) is 19.4. The SMILES string of the molecule is Cc1ccc(Cn2cc(C(=O)N3CCC(N)CC3)c(-c3ccc(C)cc3)n2)cc1. The number of amides is 1. The average molecular weight is 389 g/mol. The van der Waals surface area contributed by atoms with Gasteiger partial charge in [-0.3, -0.25) is 9.48 Å². The molecule has 5 heteroatoms. The van der Waals surface area contributed by atoms with Gasteiger partial charge in [0.2, 0.25) is 0 Å². The first-order valence-electron chi connectivity index (χ1n) is 10.2. The summed E-state index contributed by atoms with van der Waals surface area (Å²) >= 11 is 0. The van der Waals surface area contributed by atoms with E-state index in [0.29, 0.717) is 25.2 Å². The van der Waals surface area contributed by atoms with Crippen LogP contribution in [0.4, 0.5) is 0 Å². The summed E-state index contributed by atoms with van der Waals surface area (Å²) < 4.78 is 1.88. The van der Waals surface area contributed by atoms with E-state index in [1.807, 2.05) is 27.9 Å². The zero-order chi connectivity index (χ0) is 20.4. The van der Waals surface area contributed by atoms with E-state index in [2.05, 4.69) is 50.2 Å². The van der Waals surface area contributed by atoms with Crippen molar-refractivity contribution in [3.05, 3.63) is 77.0 Å². The van der Waals surface area contributed by atoms with Crippen LogP contribution < -0.4 is 5.73 Å². The molecular formula is C24H28N4O. The summed E-state index contributed by atoms with van der Waals surface area (Å²) in [6.07, 6.45) is 3.60. The number of likely N-dealkylation sites (tertiary alicyclic amines) is 1. The minimum atomic E-state index is 0.0441. The van der Waals surface area contributed by atoms with E-state index < -0.39 is 0 Å². The van der Waals surface area contributed by atoms with Crippen molar-refractivity contribution in [3.8, 4) is 11.3 Å². The number of hydrogen-bond donors (Lipinski definition) is 1. The van der Waals surface area contributed by atoms with Crippen LogP contribution in [-0.2, 0) is 6.54 Å². The van der Waals surface area contributed by atoms with Crippen molar-refractivity contribution in [2.75, 3.05) is 13.1 Å². The van der Waals surface area contributed by atoms with Crippen LogP contribution in [0.3, 0.4) is 0 Å². The Morgan fingerprint density at radius 1 is 1.00 bits per heavy atom. The van der Waals surface area contributed by atoms with Gasteiger partial charge >= 0.3 is 0 Å². The standard InChI is InChI=1S/C24H28N4O/c1-17-3-7-19(8-4-17)15-28-16-22(24(29)27-13-11-21(25)12-14-27)23(26-28)20-9-5-18(2)6-10-20/h3-10,16,21H,11-15,25H2,1-2H3. The van der Waals surface area contributed by atoms with Gasteiger partial charge in [0.1, 0.15) is 5.69 Å². The molecule has 0 saturated carbocycles. The van der Waals surface area contributed by atoms with E-state index in [1.54, 1.807) is 0 Å². The molecule has 2 aromatic carbocycles. The number of rotatable bonds is 4. The van der Waals surface area contributed by atoms with Crippen LogP contribution in [-0.4, -0.2) is 39.7 Å². The van der Waals surface area contributed by atoms with Crippen LogP contribution in [0.1, 0.15) is 39.9 Å². The first-order chi connectivity index (χ1) is 14.0. The molecule has 4 rings (SSSR count). The highest BCUT2D eigenvalue weighted by atomic mass is 16.2. The van der Waals surface area contributed by atoms with Gasteiger partial charge in [0.05, 0.1) is 12.1 Å². The van der Waals surface area contributed by atoms with E-state index in [4.69, 9.17) is 10.8 Å². The Balaban J connectivity index is 1.67. The second kappa shape index (κ2) is 8.21. The van der Waals surface area contributed by atoms with Crippen molar-refractivity contribution in [1.29, 1.82) is 0 Å². The average Bonchev–Trinajstić information content (AvgIpc) is 3.14. The minimum Gasteiger partial charge on any atom is -0.338 e. The lowest BCUT2D eigenvalue weighted by Gasteiger charge is -2.30. The third-order valence-electron chi connectivity index (χ3n) is 5.61. The molecule has 0 bridgehead atoms. The maximum Gasteiger partial charge on any atom is 0.257 e. The van der Waals surface area contributed by atoms with Crippen molar-refractivity contribution in [2.24, 2.45) is 5.73 Å². The first-order valence-corrected chi connectivity index (χ1v) is 10.2. The maximum atomic E-state index is 13.3. The number of benzene rings is 2. The van der Waals surface area contributed by atoms with Crippen LogP contribution in [0.15, 0.2) is 54.7 Å². The number of nitrogens with two attached hydrogens (primary N) is 1.